The van der Waals surface area contributed by atoms with E-state index in [9.17, 15) is 0 Å². The molecule has 0 radical (unpaired) electrons. The van der Waals surface area contributed by atoms with Gasteiger partial charge in [-0.1, -0.05) is 49.4 Å². The predicted octanol–water partition coefficient (Wildman–Crippen LogP) is 5.54. The monoisotopic (exact) mass is 273 g/mol. The fourth-order valence-corrected chi connectivity index (χ4v) is 3.57. The average Bonchev–Trinajstić information content (AvgIpc) is 2.88. The fourth-order valence-electron chi connectivity index (χ4n) is 3.57. The summed E-state index contributed by atoms with van der Waals surface area (Å²) < 4.78 is 2.42. The molecule has 0 saturated heterocycles. The smallest absolute Gasteiger partial charge is 0.0537 e. The highest BCUT2D eigenvalue weighted by atomic mass is 15.0. The maximum Gasteiger partial charge on any atom is 0.0537 e. The van der Waals surface area contributed by atoms with Gasteiger partial charge < -0.3 is 4.57 Å². The minimum Gasteiger partial charge on any atom is -0.309 e. The van der Waals surface area contributed by atoms with E-state index in [4.69, 9.17) is 0 Å². The van der Waals surface area contributed by atoms with E-state index >= 15 is 0 Å². The molecular formula is C20H19N. The van der Waals surface area contributed by atoms with Crippen molar-refractivity contribution in [3.05, 3.63) is 71.9 Å². The van der Waals surface area contributed by atoms with Gasteiger partial charge in [-0.25, -0.2) is 0 Å². The molecule has 0 amide bonds. The lowest BCUT2D eigenvalue weighted by Crippen LogP contribution is -2.06. The summed E-state index contributed by atoms with van der Waals surface area (Å²) in [5.74, 6) is 0.582. The summed E-state index contributed by atoms with van der Waals surface area (Å²) >= 11 is 0. The summed E-state index contributed by atoms with van der Waals surface area (Å²) in [7, 11) is 0. The van der Waals surface area contributed by atoms with Crippen LogP contribution in [0.4, 0.5) is 0 Å². The minimum atomic E-state index is 0.582. The Morgan fingerprint density at radius 1 is 0.952 bits per heavy atom. The Hall–Kier alpha value is -2.28. The van der Waals surface area contributed by atoms with Gasteiger partial charge in [0.05, 0.1) is 11.2 Å². The molecule has 0 fully saturated rings. The van der Waals surface area contributed by atoms with Crippen LogP contribution in [0.1, 0.15) is 37.4 Å². The zero-order valence-electron chi connectivity index (χ0n) is 12.5. The van der Waals surface area contributed by atoms with Crippen molar-refractivity contribution in [2.45, 2.75) is 26.2 Å². The van der Waals surface area contributed by atoms with E-state index in [1.807, 2.05) is 0 Å². The third kappa shape index (κ3) is 1.77. The van der Waals surface area contributed by atoms with Gasteiger partial charge in [-0.3, -0.25) is 0 Å². The van der Waals surface area contributed by atoms with Crippen LogP contribution >= 0.6 is 0 Å². The molecular weight excluding hydrogens is 254 g/mol. The molecule has 1 unspecified atom stereocenters. The van der Waals surface area contributed by atoms with Crippen molar-refractivity contribution in [2.75, 3.05) is 0 Å². The predicted molar refractivity (Wildman–Crippen MR) is 90.0 cm³/mol. The highest BCUT2D eigenvalue weighted by molar-refractivity contribution is 5.93. The molecule has 0 bridgehead atoms. The van der Waals surface area contributed by atoms with Crippen molar-refractivity contribution in [1.29, 1.82) is 0 Å². The molecule has 0 saturated carbocycles. The Balaban J connectivity index is 2.17. The number of allylic oxidation sites excluding steroid dienone is 2. The Bertz CT molecular complexity index is 837. The first kappa shape index (κ1) is 12.5. The van der Waals surface area contributed by atoms with E-state index in [1.165, 1.54) is 33.4 Å². The van der Waals surface area contributed by atoms with Crippen LogP contribution in [-0.2, 0) is 0 Å². The van der Waals surface area contributed by atoms with Gasteiger partial charge in [0.25, 0.3) is 0 Å². The summed E-state index contributed by atoms with van der Waals surface area (Å²) in [5.41, 5.74) is 6.85. The summed E-state index contributed by atoms with van der Waals surface area (Å²) in [4.78, 5) is 0. The van der Waals surface area contributed by atoms with Gasteiger partial charge in [0.15, 0.2) is 0 Å². The lowest BCUT2D eigenvalue weighted by molar-refractivity contribution is 0.767. The molecule has 1 aromatic heterocycles. The standard InChI is InChI=1S/C20H19N/c1-14-12-13-15(2)20-19(14)17-10-6-7-11-18(17)21(20)16-8-4-3-5-9-16/h3-11,13-14H,12H2,1-2H3. The highest BCUT2D eigenvalue weighted by Gasteiger charge is 2.25. The molecule has 0 N–H and O–H groups in total. The van der Waals surface area contributed by atoms with E-state index in [0.717, 1.165) is 6.42 Å². The van der Waals surface area contributed by atoms with Crippen LogP contribution in [-0.4, -0.2) is 4.57 Å². The van der Waals surface area contributed by atoms with E-state index in [2.05, 4.69) is 79.1 Å². The number of nitrogens with zero attached hydrogens (tertiary/aromatic N) is 1. The number of aromatic nitrogens is 1. The number of hydrogen-bond donors (Lipinski definition) is 0. The molecule has 1 atom stereocenters. The second kappa shape index (κ2) is 4.63. The number of fused-ring (bicyclic) bond motifs is 3. The van der Waals surface area contributed by atoms with Gasteiger partial charge in [0.2, 0.25) is 0 Å². The van der Waals surface area contributed by atoms with Crippen LogP contribution in [0.25, 0.3) is 22.2 Å². The molecule has 1 aliphatic rings. The van der Waals surface area contributed by atoms with Gasteiger partial charge in [-0.05, 0) is 48.6 Å². The second-order valence-corrected chi connectivity index (χ2v) is 5.97. The first-order valence-electron chi connectivity index (χ1n) is 7.63. The topological polar surface area (TPSA) is 4.93 Å². The van der Waals surface area contributed by atoms with Crippen molar-refractivity contribution < 1.29 is 0 Å². The Morgan fingerprint density at radius 2 is 1.67 bits per heavy atom. The summed E-state index contributed by atoms with van der Waals surface area (Å²) in [6.07, 6.45) is 3.52. The zero-order chi connectivity index (χ0) is 14.4. The molecule has 0 spiro atoms. The van der Waals surface area contributed by atoms with Crippen molar-refractivity contribution >= 4 is 16.5 Å². The van der Waals surface area contributed by atoms with Crippen LogP contribution in [0.3, 0.4) is 0 Å². The van der Waals surface area contributed by atoms with Crippen molar-refractivity contribution in [2.24, 2.45) is 0 Å². The molecule has 0 aliphatic heterocycles. The second-order valence-electron chi connectivity index (χ2n) is 5.97. The molecule has 21 heavy (non-hydrogen) atoms. The van der Waals surface area contributed by atoms with Crippen LogP contribution in [0, 0.1) is 0 Å². The van der Waals surface area contributed by atoms with Gasteiger partial charge >= 0.3 is 0 Å². The van der Waals surface area contributed by atoms with E-state index < -0.39 is 0 Å². The summed E-state index contributed by atoms with van der Waals surface area (Å²) in [6, 6.07) is 19.5. The zero-order valence-corrected chi connectivity index (χ0v) is 12.5. The maximum atomic E-state index is 2.42. The highest BCUT2D eigenvalue weighted by Crippen LogP contribution is 2.42. The average molecular weight is 273 g/mol. The van der Waals surface area contributed by atoms with Gasteiger partial charge in [-0.2, -0.15) is 0 Å². The minimum absolute atomic E-state index is 0.582. The van der Waals surface area contributed by atoms with Crippen LogP contribution in [0.5, 0.6) is 0 Å². The first-order chi connectivity index (χ1) is 10.3. The van der Waals surface area contributed by atoms with Gasteiger partial charge in [0.1, 0.15) is 0 Å². The Labute approximate surface area is 125 Å². The van der Waals surface area contributed by atoms with Crippen LogP contribution in [0.15, 0.2) is 60.7 Å². The van der Waals surface area contributed by atoms with Gasteiger partial charge in [-0.15, -0.1) is 0 Å². The maximum absolute atomic E-state index is 2.42. The number of benzene rings is 2. The fraction of sp³-hybridized carbons (Fsp3) is 0.200. The third-order valence-corrected chi connectivity index (χ3v) is 4.57. The molecule has 3 aromatic rings. The Morgan fingerprint density at radius 3 is 2.48 bits per heavy atom. The lowest BCUT2D eigenvalue weighted by Gasteiger charge is -2.20. The summed E-state index contributed by atoms with van der Waals surface area (Å²) in [6.45, 7) is 4.58. The molecule has 1 heteroatoms. The molecule has 1 heterocycles. The van der Waals surface area contributed by atoms with E-state index in [1.54, 1.807) is 0 Å². The third-order valence-electron chi connectivity index (χ3n) is 4.57. The van der Waals surface area contributed by atoms with Gasteiger partial charge in [0, 0.05) is 11.1 Å². The SMILES string of the molecule is CC1=CCC(C)c2c1n(-c1ccccc1)c1ccccc21. The van der Waals surface area contributed by atoms with Crippen molar-refractivity contribution in [3.63, 3.8) is 0 Å². The molecule has 1 nitrogen and oxygen atoms in total. The van der Waals surface area contributed by atoms with Crippen LogP contribution in [0.2, 0.25) is 0 Å². The Kier molecular flexibility index (Phi) is 2.75. The lowest BCUT2D eigenvalue weighted by atomic mass is 9.87. The largest absolute Gasteiger partial charge is 0.309 e. The molecule has 4 rings (SSSR count). The number of rotatable bonds is 1. The van der Waals surface area contributed by atoms with Crippen molar-refractivity contribution in [3.8, 4) is 5.69 Å². The van der Waals surface area contributed by atoms with E-state index in [0.29, 0.717) is 5.92 Å². The summed E-state index contributed by atoms with van der Waals surface area (Å²) in [5, 5.41) is 1.40. The molecule has 2 aromatic carbocycles. The number of para-hydroxylation sites is 2. The van der Waals surface area contributed by atoms with E-state index in [-0.39, 0.29) is 0 Å². The number of hydrogen-bond acceptors (Lipinski definition) is 0. The first-order valence-corrected chi connectivity index (χ1v) is 7.63. The quantitative estimate of drug-likeness (QED) is 0.548. The van der Waals surface area contributed by atoms with Crippen molar-refractivity contribution in [1.82, 2.24) is 4.57 Å². The van der Waals surface area contributed by atoms with Crippen LogP contribution < -0.4 is 0 Å². The normalized spacial score (nSPS) is 17.6. The molecule has 104 valence electrons. The molecule has 1 aliphatic carbocycles.